The lowest BCUT2D eigenvalue weighted by molar-refractivity contribution is -0.120. The van der Waals surface area contributed by atoms with Crippen LogP contribution in [0.1, 0.15) is 20.3 Å². The average Bonchev–Trinajstić information content (AvgIpc) is 2.62. The molecule has 9 heteroatoms. The van der Waals surface area contributed by atoms with E-state index in [2.05, 4.69) is 15.5 Å². The topological polar surface area (TPSA) is 78.5 Å². The molecule has 0 spiro atoms. The van der Waals surface area contributed by atoms with Crippen molar-refractivity contribution in [3.63, 3.8) is 0 Å². The summed E-state index contributed by atoms with van der Waals surface area (Å²) in [6, 6.07) is 6.94. The molecule has 0 aliphatic carbocycles. The minimum atomic E-state index is -3.31. The third-order valence-electron chi connectivity index (χ3n) is 4.27. The van der Waals surface area contributed by atoms with Gasteiger partial charge < -0.3 is 10.6 Å². The minimum absolute atomic E-state index is 0. The van der Waals surface area contributed by atoms with E-state index in [-0.39, 0.29) is 29.3 Å². The van der Waals surface area contributed by atoms with Gasteiger partial charge in [0.2, 0.25) is 5.91 Å². The van der Waals surface area contributed by atoms with Crippen LogP contribution in [0.5, 0.6) is 0 Å². The number of halogens is 1. The molecule has 27 heavy (non-hydrogen) atoms. The zero-order valence-electron chi connectivity index (χ0n) is 15.9. The zero-order valence-corrected chi connectivity index (χ0v) is 18.4. The lowest BCUT2D eigenvalue weighted by Crippen LogP contribution is -2.46. The summed E-state index contributed by atoms with van der Waals surface area (Å²) < 4.78 is 24.9. The van der Waals surface area contributed by atoms with Crippen LogP contribution >= 0.6 is 24.2 Å². The lowest BCUT2D eigenvalue weighted by Gasteiger charge is -2.27. The van der Waals surface area contributed by atoms with Gasteiger partial charge in [-0.15, -0.1) is 24.2 Å². The van der Waals surface area contributed by atoms with E-state index in [9.17, 15) is 13.2 Å². The standard InChI is InChI=1S/C18H29N3O3S2.ClH/c1-3-14-26(23,24)17-7-5-4-6-16(17)25-15(2)18(22)20-10-13-21-11-8-19-9-12-21;/h4-7,15,19H,3,8-14H2,1-2H3,(H,20,22);1H. The van der Waals surface area contributed by atoms with E-state index in [1.165, 1.54) is 11.8 Å². The highest BCUT2D eigenvalue weighted by molar-refractivity contribution is 8.01. The molecule has 1 amide bonds. The Morgan fingerprint density at radius 1 is 1.30 bits per heavy atom. The highest BCUT2D eigenvalue weighted by Crippen LogP contribution is 2.30. The molecular weight excluding hydrogens is 406 g/mol. The maximum atomic E-state index is 12.4. The number of sulfone groups is 1. The second-order valence-electron chi connectivity index (χ2n) is 6.41. The first-order valence-corrected chi connectivity index (χ1v) is 11.7. The van der Waals surface area contributed by atoms with Gasteiger partial charge in [-0.25, -0.2) is 8.42 Å². The van der Waals surface area contributed by atoms with E-state index in [4.69, 9.17) is 0 Å². The molecule has 1 atom stereocenters. The summed E-state index contributed by atoms with van der Waals surface area (Å²) in [7, 11) is -3.31. The maximum absolute atomic E-state index is 12.4. The number of nitrogens with zero attached hydrogens (tertiary/aromatic N) is 1. The molecule has 6 nitrogen and oxygen atoms in total. The van der Waals surface area contributed by atoms with Gasteiger partial charge in [0.25, 0.3) is 0 Å². The number of hydrogen-bond donors (Lipinski definition) is 2. The van der Waals surface area contributed by atoms with Crippen LogP contribution in [0, 0.1) is 0 Å². The number of carbonyl (C=O) groups excluding carboxylic acids is 1. The fraction of sp³-hybridized carbons (Fsp3) is 0.611. The Bertz CT molecular complexity index is 695. The Morgan fingerprint density at radius 2 is 1.96 bits per heavy atom. The van der Waals surface area contributed by atoms with E-state index in [1.54, 1.807) is 18.2 Å². The summed E-state index contributed by atoms with van der Waals surface area (Å²) in [5, 5.41) is 5.92. The molecule has 1 aromatic rings. The minimum Gasteiger partial charge on any atom is -0.354 e. The van der Waals surface area contributed by atoms with Crippen molar-refractivity contribution in [1.29, 1.82) is 0 Å². The highest BCUT2D eigenvalue weighted by atomic mass is 35.5. The molecule has 1 fully saturated rings. The second kappa shape index (κ2) is 11.9. The van der Waals surface area contributed by atoms with Gasteiger partial charge in [-0.1, -0.05) is 19.1 Å². The molecule has 1 unspecified atom stereocenters. The van der Waals surface area contributed by atoms with Crippen LogP contribution in [0.3, 0.4) is 0 Å². The highest BCUT2D eigenvalue weighted by Gasteiger charge is 2.21. The SMILES string of the molecule is CCCS(=O)(=O)c1ccccc1SC(C)C(=O)NCCN1CCNCC1.Cl. The first kappa shape index (κ1) is 24.2. The van der Waals surface area contributed by atoms with Crippen LogP contribution in [0.15, 0.2) is 34.1 Å². The molecule has 2 N–H and O–H groups in total. The third kappa shape index (κ3) is 7.62. The molecule has 1 aromatic carbocycles. The Balaban J connectivity index is 0.00000364. The number of hydrogen-bond acceptors (Lipinski definition) is 6. The summed E-state index contributed by atoms with van der Waals surface area (Å²) in [4.78, 5) is 15.7. The predicted octanol–water partition coefficient (Wildman–Crippen LogP) is 1.79. The molecule has 0 radical (unpaired) electrons. The van der Waals surface area contributed by atoms with E-state index in [0.29, 0.717) is 22.8 Å². The molecule has 0 aromatic heterocycles. The van der Waals surface area contributed by atoms with Crippen molar-refractivity contribution < 1.29 is 13.2 Å². The van der Waals surface area contributed by atoms with Crippen LogP contribution in [0.2, 0.25) is 0 Å². The van der Waals surface area contributed by atoms with Gasteiger partial charge >= 0.3 is 0 Å². The quantitative estimate of drug-likeness (QED) is 0.576. The second-order valence-corrected chi connectivity index (χ2v) is 9.87. The first-order valence-electron chi connectivity index (χ1n) is 9.13. The van der Waals surface area contributed by atoms with Gasteiger partial charge in [0, 0.05) is 44.2 Å². The van der Waals surface area contributed by atoms with Crippen molar-refractivity contribution in [1.82, 2.24) is 15.5 Å². The largest absolute Gasteiger partial charge is 0.354 e. The van der Waals surface area contributed by atoms with Crippen LogP contribution in [-0.2, 0) is 14.6 Å². The number of nitrogens with one attached hydrogen (secondary N) is 2. The summed E-state index contributed by atoms with van der Waals surface area (Å²) in [5.41, 5.74) is 0. The molecular formula is C18H30ClN3O3S2. The smallest absolute Gasteiger partial charge is 0.233 e. The Kier molecular flexibility index (Phi) is 10.7. The van der Waals surface area contributed by atoms with Gasteiger partial charge in [0.1, 0.15) is 0 Å². The predicted molar refractivity (Wildman–Crippen MR) is 114 cm³/mol. The van der Waals surface area contributed by atoms with Crippen LogP contribution in [-0.4, -0.2) is 69.5 Å². The number of carbonyl (C=O) groups is 1. The summed E-state index contributed by atoms with van der Waals surface area (Å²) >= 11 is 1.30. The summed E-state index contributed by atoms with van der Waals surface area (Å²) in [6.45, 7) is 9.10. The van der Waals surface area contributed by atoms with E-state index < -0.39 is 9.84 Å². The van der Waals surface area contributed by atoms with Crippen LogP contribution in [0.25, 0.3) is 0 Å². The Hall–Kier alpha value is -0.800. The zero-order chi connectivity index (χ0) is 19.0. The van der Waals surface area contributed by atoms with Crippen LogP contribution < -0.4 is 10.6 Å². The number of thioether (sulfide) groups is 1. The fourth-order valence-corrected chi connectivity index (χ4v) is 5.70. The van der Waals surface area contributed by atoms with Gasteiger partial charge in [-0.05, 0) is 25.5 Å². The van der Waals surface area contributed by atoms with Crippen molar-refractivity contribution in [2.45, 2.75) is 35.3 Å². The number of piperazine rings is 1. The Labute approximate surface area is 173 Å². The van der Waals surface area contributed by atoms with E-state index in [1.807, 2.05) is 19.9 Å². The molecule has 1 aliphatic heterocycles. The lowest BCUT2D eigenvalue weighted by atomic mass is 10.3. The summed E-state index contributed by atoms with van der Waals surface area (Å²) in [5.74, 6) is 0.0587. The number of benzene rings is 1. The fourth-order valence-electron chi connectivity index (χ4n) is 2.84. The van der Waals surface area contributed by atoms with Gasteiger partial charge in [-0.3, -0.25) is 9.69 Å². The molecule has 1 saturated heterocycles. The number of amides is 1. The molecule has 2 rings (SSSR count). The average molecular weight is 436 g/mol. The maximum Gasteiger partial charge on any atom is 0.233 e. The van der Waals surface area contributed by atoms with Crippen molar-refractivity contribution in [3.8, 4) is 0 Å². The Morgan fingerprint density at radius 3 is 2.63 bits per heavy atom. The van der Waals surface area contributed by atoms with Crippen molar-refractivity contribution >= 4 is 39.9 Å². The van der Waals surface area contributed by atoms with Crippen molar-refractivity contribution in [2.75, 3.05) is 45.0 Å². The first-order chi connectivity index (χ1) is 12.4. The van der Waals surface area contributed by atoms with Gasteiger partial charge in [-0.2, -0.15) is 0 Å². The van der Waals surface area contributed by atoms with E-state index in [0.717, 1.165) is 32.7 Å². The normalized spacial score (nSPS) is 16.4. The monoisotopic (exact) mass is 435 g/mol. The van der Waals surface area contributed by atoms with Crippen molar-refractivity contribution in [3.05, 3.63) is 24.3 Å². The summed E-state index contributed by atoms with van der Waals surface area (Å²) in [6.07, 6.45) is 0.573. The number of rotatable bonds is 9. The third-order valence-corrected chi connectivity index (χ3v) is 7.55. The molecule has 0 saturated carbocycles. The molecule has 1 heterocycles. The van der Waals surface area contributed by atoms with Gasteiger partial charge in [0.05, 0.1) is 15.9 Å². The van der Waals surface area contributed by atoms with Gasteiger partial charge in [0.15, 0.2) is 9.84 Å². The molecule has 0 bridgehead atoms. The molecule has 1 aliphatic rings. The van der Waals surface area contributed by atoms with Crippen molar-refractivity contribution in [2.24, 2.45) is 0 Å². The van der Waals surface area contributed by atoms with Crippen LogP contribution in [0.4, 0.5) is 0 Å². The van der Waals surface area contributed by atoms with E-state index >= 15 is 0 Å². The molecule has 154 valence electrons.